The smallest absolute Gasteiger partial charge is 0.267 e. The fourth-order valence-corrected chi connectivity index (χ4v) is 2.25. The van der Waals surface area contributed by atoms with Crippen LogP contribution in [-0.4, -0.2) is 29.4 Å². The molecule has 0 spiro atoms. The molecule has 17 heavy (non-hydrogen) atoms. The average molecular weight is 266 g/mol. The second-order valence-corrected chi connectivity index (χ2v) is 6.61. The van der Waals surface area contributed by atoms with E-state index in [0.29, 0.717) is 6.42 Å². The fraction of sp³-hybridized carbons (Fsp3) is 1.00. The van der Waals surface area contributed by atoms with Crippen LogP contribution in [-0.2, 0) is 10.1 Å². The molecule has 0 aromatic heterocycles. The van der Waals surface area contributed by atoms with Gasteiger partial charge in [0.1, 0.15) is 0 Å². The van der Waals surface area contributed by atoms with Crippen molar-refractivity contribution >= 4 is 10.1 Å². The van der Waals surface area contributed by atoms with Crippen molar-refractivity contribution in [2.45, 2.75) is 76.6 Å². The maximum Gasteiger partial charge on any atom is 0.267 e. The van der Waals surface area contributed by atoms with Crippen LogP contribution in [0.25, 0.3) is 0 Å². The van der Waals surface area contributed by atoms with Crippen molar-refractivity contribution in [2.24, 2.45) is 0 Å². The highest BCUT2D eigenvalue weighted by atomic mass is 32.2. The predicted octanol–water partition coefficient (Wildman–Crippen LogP) is 2.76. The summed E-state index contributed by atoms with van der Waals surface area (Å²) in [6, 6.07) is 0. The summed E-state index contributed by atoms with van der Waals surface area (Å²) in [5.74, 6) is 0. The number of aliphatic hydroxyl groups excluding tert-OH is 1. The second kappa shape index (κ2) is 8.89. The Morgan fingerprint density at radius 2 is 1.59 bits per heavy atom. The van der Waals surface area contributed by atoms with Crippen LogP contribution in [0.4, 0.5) is 0 Å². The van der Waals surface area contributed by atoms with Crippen molar-refractivity contribution in [3.63, 3.8) is 0 Å². The SMILES string of the molecule is CCCCCCCCC(O)CC(C)S(=O)(=O)O. The summed E-state index contributed by atoms with van der Waals surface area (Å²) in [6.07, 6.45) is 6.98. The molecule has 0 aliphatic heterocycles. The van der Waals surface area contributed by atoms with E-state index in [1.165, 1.54) is 32.6 Å². The van der Waals surface area contributed by atoms with Gasteiger partial charge < -0.3 is 5.11 Å². The Morgan fingerprint density at radius 3 is 2.12 bits per heavy atom. The minimum absolute atomic E-state index is 0.119. The molecule has 0 rings (SSSR count). The van der Waals surface area contributed by atoms with Crippen molar-refractivity contribution in [3.05, 3.63) is 0 Å². The van der Waals surface area contributed by atoms with Crippen LogP contribution >= 0.6 is 0 Å². The van der Waals surface area contributed by atoms with E-state index in [4.69, 9.17) is 4.55 Å². The van der Waals surface area contributed by atoms with Gasteiger partial charge in [-0.15, -0.1) is 0 Å². The minimum Gasteiger partial charge on any atom is -0.393 e. The standard InChI is InChI=1S/C12H26O4S/c1-3-4-5-6-7-8-9-12(13)10-11(2)17(14,15)16/h11-13H,3-10H2,1-2H3,(H,14,15,16). The van der Waals surface area contributed by atoms with Crippen molar-refractivity contribution in [3.8, 4) is 0 Å². The van der Waals surface area contributed by atoms with E-state index < -0.39 is 21.5 Å². The highest BCUT2D eigenvalue weighted by molar-refractivity contribution is 7.86. The third-order valence-corrected chi connectivity index (χ3v) is 4.21. The van der Waals surface area contributed by atoms with Crippen LogP contribution in [0.15, 0.2) is 0 Å². The first kappa shape index (κ1) is 16.9. The molecule has 0 aromatic carbocycles. The summed E-state index contributed by atoms with van der Waals surface area (Å²) >= 11 is 0. The fourth-order valence-electron chi connectivity index (χ4n) is 1.78. The maximum atomic E-state index is 10.8. The lowest BCUT2D eigenvalue weighted by atomic mass is 10.0. The summed E-state index contributed by atoms with van der Waals surface area (Å²) in [6.45, 7) is 3.58. The Morgan fingerprint density at radius 1 is 1.06 bits per heavy atom. The number of aliphatic hydroxyl groups is 1. The molecular formula is C12H26O4S. The first-order valence-corrected chi connectivity index (χ1v) is 8.02. The van der Waals surface area contributed by atoms with Crippen LogP contribution in [0.3, 0.4) is 0 Å². The van der Waals surface area contributed by atoms with Crippen LogP contribution in [0, 0.1) is 0 Å². The highest BCUT2D eigenvalue weighted by Crippen LogP contribution is 2.13. The van der Waals surface area contributed by atoms with Gasteiger partial charge in [0.25, 0.3) is 10.1 Å². The van der Waals surface area contributed by atoms with Gasteiger partial charge in [-0.1, -0.05) is 45.4 Å². The number of unbranched alkanes of at least 4 members (excludes halogenated alkanes) is 5. The second-order valence-electron chi connectivity index (χ2n) is 4.77. The molecule has 0 aliphatic rings. The van der Waals surface area contributed by atoms with Gasteiger partial charge in [0.15, 0.2) is 0 Å². The highest BCUT2D eigenvalue weighted by Gasteiger charge is 2.20. The number of rotatable bonds is 10. The molecule has 0 amide bonds. The molecule has 2 atom stereocenters. The lowest BCUT2D eigenvalue weighted by Gasteiger charge is -2.13. The molecule has 0 saturated heterocycles. The molecule has 0 saturated carbocycles. The van der Waals surface area contributed by atoms with Gasteiger partial charge >= 0.3 is 0 Å². The zero-order valence-corrected chi connectivity index (χ0v) is 11.7. The van der Waals surface area contributed by atoms with Crippen LogP contribution < -0.4 is 0 Å². The van der Waals surface area contributed by atoms with E-state index in [1.807, 2.05) is 0 Å². The molecule has 104 valence electrons. The van der Waals surface area contributed by atoms with Gasteiger partial charge in [0, 0.05) is 0 Å². The molecule has 2 unspecified atom stereocenters. The van der Waals surface area contributed by atoms with Crippen LogP contribution in [0.5, 0.6) is 0 Å². The lowest BCUT2D eigenvalue weighted by Crippen LogP contribution is -2.23. The summed E-state index contributed by atoms with van der Waals surface area (Å²) in [7, 11) is -4.00. The Kier molecular flexibility index (Phi) is 8.82. The summed E-state index contributed by atoms with van der Waals surface area (Å²) in [4.78, 5) is 0. The first-order valence-electron chi connectivity index (χ1n) is 6.52. The van der Waals surface area contributed by atoms with Crippen molar-refractivity contribution in [1.29, 1.82) is 0 Å². The van der Waals surface area contributed by atoms with Gasteiger partial charge in [-0.25, -0.2) is 0 Å². The Hall–Kier alpha value is -0.130. The van der Waals surface area contributed by atoms with Gasteiger partial charge in [-0.3, -0.25) is 4.55 Å². The third-order valence-electron chi connectivity index (χ3n) is 3.00. The molecule has 0 heterocycles. The quantitative estimate of drug-likeness (QED) is 0.471. The maximum absolute atomic E-state index is 10.8. The average Bonchev–Trinajstić information content (AvgIpc) is 2.21. The number of hydrogen-bond donors (Lipinski definition) is 2. The van der Waals surface area contributed by atoms with Gasteiger partial charge in [0.05, 0.1) is 11.4 Å². The monoisotopic (exact) mass is 266 g/mol. The van der Waals surface area contributed by atoms with E-state index >= 15 is 0 Å². The molecule has 5 heteroatoms. The normalized spacial score (nSPS) is 15.8. The van der Waals surface area contributed by atoms with Gasteiger partial charge in [0.2, 0.25) is 0 Å². The van der Waals surface area contributed by atoms with Gasteiger partial charge in [-0.2, -0.15) is 8.42 Å². The molecule has 0 radical (unpaired) electrons. The molecule has 0 bridgehead atoms. The molecule has 0 fully saturated rings. The Labute approximate surface area is 105 Å². The predicted molar refractivity (Wildman–Crippen MR) is 69.6 cm³/mol. The zero-order valence-electron chi connectivity index (χ0n) is 10.9. The Balaban J connectivity index is 3.56. The van der Waals surface area contributed by atoms with Crippen molar-refractivity contribution in [2.75, 3.05) is 0 Å². The van der Waals surface area contributed by atoms with E-state index in [2.05, 4.69) is 6.92 Å². The summed E-state index contributed by atoms with van der Waals surface area (Å²) in [5.41, 5.74) is 0. The van der Waals surface area contributed by atoms with E-state index in [1.54, 1.807) is 0 Å². The topological polar surface area (TPSA) is 74.6 Å². The summed E-state index contributed by atoms with van der Waals surface area (Å²) < 4.78 is 30.3. The lowest BCUT2D eigenvalue weighted by molar-refractivity contribution is 0.149. The van der Waals surface area contributed by atoms with Gasteiger partial charge in [-0.05, 0) is 19.8 Å². The third kappa shape index (κ3) is 9.56. The molecular weight excluding hydrogens is 240 g/mol. The van der Waals surface area contributed by atoms with E-state index in [9.17, 15) is 13.5 Å². The van der Waals surface area contributed by atoms with Crippen molar-refractivity contribution in [1.82, 2.24) is 0 Å². The molecule has 2 N–H and O–H groups in total. The molecule has 4 nitrogen and oxygen atoms in total. The minimum atomic E-state index is -4.00. The number of hydrogen-bond acceptors (Lipinski definition) is 3. The molecule has 0 aliphatic carbocycles. The van der Waals surface area contributed by atoms with E-state index in [0.717, 1.165) is 12.8 Å². The Bertz CT molecular complexity index is 274. The largest absolute Gasteiger partial charge is 0.393 e. The van der Waals surface area contributed by atoms with E-state index in [-0.39, 0.29) is 6.42 Å². The zero-order chi connectivity index (χ0) is 13.3. The first-order chi connectivity index (χ1) is 7.88. The van der Waals surface area contributed by atoms with Crippen molar-refractivity contribution < 1.29 is 18.1 Å². The van der Waals surface area contributed by atoms with Crippen LogP contribution in [0.2, 0.25) is 0 Å². The summed E-state index contributed by atoms with van der Waals surface area (Å²) in [5, 5.41) is 8.73. The van der Waals surface area contributed by atoms with Crippen LogP contribution in [0.1, 0.15) is 65.2 Å². The molecule has 0 aromatic rings.